The van der Waals surface area contributed by atoms with Crippen LogP contribution in [0.15, 0.2) is 24.3 Å². The van der Waals surface area contributed by atoms with Crippen LogP contribution < -0.4 is 0 Å². The zero-order chi connectivity index (χ0) is 11.1. The summed E-state index contributed by atoms with van der Waals surface area (Å²) in [6.07, 6.45) is 0. The molecule has 0 aliphatic rings. The maximum Gasteiger partial charge on any atom is 0.233 e. The van der Waals surface area contributed by atoms with Crippen molar-refractivity contribution in [1.82, 2.24) is 19.8 Å². The molecule has 4 nitrogen and oxygen atoms in total. The summed E-state index contributed by atoms with van der Waals surface area (Å²) in [6.45, 7) is 0. The van der Waals surface area contributed by atoms with Gasteiger partial charge in [0.25, 0.3) is 0 Å². The van der Waals surface area contributed by atoms with Crippen molar-refractivity contribution in [3.8, 4) is 10.6 Å². The van der Waals surface area contributed by atoms with Crippen LogP contribution in [0.5, 0.6) is 0 Å². The average molecular weight is 252 g/mol. The lowest BCUT2D eigenvalue weighted by molar-refractivity contribution is 0.628. The van der Waals surface area contributed by atoms with Gasteiger partial charge in [0.05, 0.1) is 0 Å². The maximum atomic E-state index is 12.8. The van der Waals surface area contributed by atoms with Gasteiger partial charge in [-0.15, -0.1) is 5.10 Å². The van der Waals surface area contributed by atoms with Gasteiger partial charge in [0.2, 0.25) is 9.73 Å². The van der Waals surface area contributed by atoms with Crippen LogP contribution in [-0.4, -0.2) is 19.8 Å². The lowest BCUT2D eigenvalue weighted by Gasteiger charge is -1.93. The molecule has 80 valence electrons. The molecule has 0 saturated heterocycles. The summed E-state index contributed by atoms with van der Waals surface area (Å²) < 4.78 is 14.8. The van der Waals surface area contributed by atoms with E-state index < -0.39 is 0 Å². The van der Waals surface area contributed by atoms with Gasteiger partial charge in [-0.2, -0.15) is 9.61 Å². The van der Waals surface area contributed by atoms with E-state index in [1.807, 2.05) is 0 Å². The van der Waals surface area contributed by atoms with Crippen molar-refractivity contribution in [3.63, 3.8) is 0 Å². The van der Waals surface area contributed by atoms with Crippen molar-refractivity contribution in [1.29, 1.82) is 0 Å². The summed E-state index contributed by atoms with van der Waals surface area (Å²) in [5.41, 5.74) is 0.853. The first-order valence-electron chi connectivity index (χ1n) is 4.44. The monoisotopic (exact) mass is 252 g/mol. The highest BCUT2D eigenvalue weighted by Gasteiger charge is 2.08. The number of fused-ring (bicyclic) bond motifs is 1. The molecule has 0 aliphatic carbocycles. The van der Waals surface area contributed by atoms with E-state index in [9.17, 15) is 4.39 Å². The fraction of sp³-hybridized carbons (Fsp3) is 0. The topological polar surface area (TPSA) is 46.0 Å². The van der Waals surface area contributed by atoms with Crippen LogP contribution in [0.3, 0.4) is 0 Å². The smallest absolute Gasteiger partial charge is 0.233 e. The predicted molar refractivity (Wildman–Crippen MR) is 61.4 cm³/mol. The van der Waals surface area contributed by atoms with E-state index in [1.165, 1.54) is 23.5 Å². The summed E-state index contributed by atoms with van der Waals surface area (Å²) >= 11 is 6.40. The maximum absolute atomic E-state index is 12.8. The first kappa shape index (κ1) is 9.61. The molecule has 0 atom stereocenters. The van der Waals surface area contributed by atoms with Crippen LogP contribution in [0, 0.1) is 10.6 Å². The zero-order valence-electron chi connectivity index (χ0n) is 7.85. The Morgan fingerprint density at radius 3 is 2.75 bits per heavy atom. The molecular weight excluding hydrogens is 247 g/mol. The minimum absolute atomic E-state index is 0.262. The molecule has 3 rings (SSSR count). The first-order chi connectivity index (χ1) is 7.74. The SMILES string of the molecule is Fc1ccc(-c2nn3c(=S)[nH]nc3s2)cc1. The fourth-order valence-corrected chi connectivity index (χ4v) is 2.43. The standard InChI is InChI=1S/C9H5FN4S2/c10-6-3-1-5(2-4-6)7-13-14-8(15)11-12-9(14)16-7/h1-4H,(H,11,15). The van der Waals surface area contributed by atoms with E-state index in [4.69, 9.17) is 12.2 Å². The van der Waals surface area contributed by atoms with Crippen LogP contribution in [0.4, 0.5) is 4.39 Å². The molecule has 2 heterocycles. The van der Waals surface area contributed by atoms with Crippen molar-refractivity contribution >= 4 is 28.5 Å². The molecule has 7 heteroatoms. The quantitative estimate of drug-likeness (QED) is 0.677. The van der Waals surface area contributed by atoms with Gasteiger partial charge in [0.1, 0.15) is 10.8 Å². The Balaban J connectivity index is 2.18. The Labute approximate surface area is 98.4 Å². The number of hydrogen-bond donors (Lipinski definition) is 1. The number of benzene rings is 1. The van der Waals surface area contributed by atoms with Gasteiger partial charge in [0.15, 0.2) is 0 Å². The number of aromatic nitrogens is 4. The molecule has 3 aromatic rings. The Bertz CT molecular complexity index is 694. The van der Waals surface area contributed by atoms with Gasteiger partial charge >= 0.3 is 0 Å². The third kappa shape index (κ3) is 1.44. The number of hydrogen-bond acceptors (Lipinski definition) is 4. The lowest BCUT2D eigenvalue weighted by Crippen LogP contribution is -1.84. The molecule has 1 aromatic carbocycles. The molecular formula is C9H5FN4S2. The number of nitrogens with one attached hydrogen (secondary N) is 1. The number of H-pyrrole nitrogens is 1. The number of halogens is 1. The van der Waals surface area contributed by atoms with Gasteiger partial charge in [-0.3, -0.25) is 0 Å². The van der Waals surface area contributed by atoms with E-state index in [-0.39, 0.29) is 5.82 Å². The third-order valence-corrected chi connectivity index (χ3v) is 3.31. The van der Waals surface area contributed by atoms with Gasteiger partial charge < -0.3 is 0 Å². The normalized spacial score (nSPS) is 11.1. The summed E-state index contributed by atoms with van der Waals surface area (Å²) in [4.78, 5) is 0.698. The third-order valence-electron chi connectivity index (χ3n) is 2.09. The van der Waals surface area contributed by atoms with Crippen molar-refractivity contribution in [2.24, 2.45) is 0 Å². The number of rotatable bonds is 1. The minimum Gasteiger partial charge on any atom is -0.249 e. The van der Waals surface area contributed by atoms with E-state index in [0.29, 0.717) is 9.73 Å². The Morgan fingerprint density at radius 2 is 2.06 bits per heavy atom. The lowest BCUT2D eigenvalue weighted by atomic mass is 10.2. The van der Waals surface area contributed by atoms with Crippen molar-refractivity contribution in [3.05, 3.63) is 34.9 Å². The van der Waals surface area contributed by atoms with Crippen LogP contribution in [-0.2, 0) is 0 Å². The molecule has 0 amide bonds. The second-order valence-corrected chi connectivity index (χ2v) is 4.48. The largest absolute Gasteiger partial charge is 0.249 e. The van der Waals surface area contributed by atoms with E-state index in [0.717, 1.165) is 10.6 Å². The summed E-state index contributed by atoms with van der Waals surface area (Å²) in [7, 11) is 0. The molecule has 0 aliphatic heterocycles. The zero-order valence-corrected chi connectivity index (χ0v) is 9.48. The highest BCUT2D eigenvalue weighted by Crippen LogP contribution is 2.24. The first-order valence-corrected chi connectivity index (χ1v) is 5.67. The van der Waals surface area contributed by atoms with Crippen molar-refractivity contribution in [2.75, 3.05) is 0 Å². The number of nitrogens with zero attached hydrogens (tertiary/aromatic N) is 3. The molecule has 0 radical (unpaired) electrons. The molecule has 16 heavy (non-hydrogen) atoms. The minimum atomic E-state index is -0.262. The second kappa shape index (κ2) is 3.46. The molecule has 0 fully saturated rings. The molecule has 1 N–H and O–H groups in total. The Hall–Kier alpha value is -1.60. The van der Waals surface area contributed by atoms with Crippen LogP contribution >= 0.6 is 23.6 Å². The molecule has 0 unspecified atom stereocenters. The second-order valence-electron chi connectivity index (χ2n) is 3.14. The molecule has 0 spiro atoms. The fourth-order valence-electron chi connectivity index (χ4n) is 1.34. The van der Waals surface area contributed by atoms with Crippen LogP contribution in [0.25, 0.3) is 15.5 Å². The predicted octanol–water partition coefficient (Wildman–Crippen LogP) is 2.65. The van der Waals surface area contributed by atoms with Gasteiger partial charge in [0, 0.05) is 5.56 Å². The van der Waals surface area contributed by atoms with Gasteiger partial charge in [-0.25, -0.2) is 9.49 Å². The van der Waals surface area contributed by atoms with E-state index >= 15 is 0 Å². The molecule has 0 bridgehead atoms. The van der Waals surface area contributed by atoms with Crippen LogP contribution in [0.2, 0.25) is 0 Å². The highest BCUT2D eigenvalue weighted by atomic mass is 32.1. The van der Waals surface area contributed by atoms with E-state index in [1.54, 1.807) is 16.6 Å². The van der Waals surface area contributed by atoms with Crippen LogP contribution in [0.1, 0.15) is 0 Å². The van der Waals surface area contributed by atoms with Gasteiger partial charge in [-0.1, -0.05) is 11.3 Å². The van der Waals surface area contributed by atoms with Gasteiger partial charge in [-0.05, 0) is 36.5 Å². The Morgan fingerprint density at radius 1 is 1.31 bits per heavy atom. The van der Waals surface area contributed by atoms with Crippen molar-refractivity contribution in [2.45, 2.75) is 0 Å². The summed E-state index contributed by atoms with van der Waals surface area (Å²) in [5, 5.41) is 11.7. The highest BCUT2D eigenvalue weighted by molar-refractivity contribution is 7.71. The van der Waals surface area contributed by atoms with E-state index in [2.05, 4.69) is 15.3 Å². The average Bonchev–Trinajstić information content (AvgIpc) is 2.83. The Kier molecular flexibility index (Phi) is 2.08. The number of aromatic amines is 1. The molecule has 2 aromatic heterocycles. The summed E-state index contributed by atoms with van der Waals surface area (Å²) in [5.74, 6) is -0.262. The summed E-state index contributed by atoms with van der Waals surface area (Å²) in [6, 6.07) is 6.17. The van der Waals surface area contributed by atoms with Crippen molar-refractivity contribution < 1.29 is 4.39 Å². The molecule has 0 saturated carbocycles.